The van der Waals surface area contributed by atoms with Gasteiger partial charge in [-0.2, -0.15) is 0 Å². The third-order valence-corrected chi connectivity index (χ3v) is 10.1. The molecule has 5 N–H and O–H groups in total. The first-order valence-electron chi connectivity index (χ1n) is 15.2. The summed E-state index contributed by atoms with van der Waals surface area (Å²) in [4.78, 5) is 43.6. The molecule has 0 bridgehead atoms. The summed E-state index contributed by atoms with van der Waals surface area (Å²) in [6.45, 7) is 6.70. The largest absolute Gasteiger partial charge is 0.497 e. The van der Waals surface area contributed by atoms with Crippen molar-refractivity contribution < 1.29 is 19.1 Å². The number of benzene rings is 3. The zero-order valence-electron chi connectivity index (χ0n) is 26.1. The van der Waals surface area contributed by atoms with Crippen LogP contribution in [0.1, 0.15) is 47.7 Å². The molecule has 0 aliphatic carbocycles. The average Bonchev–Trinajstić information content (AvgIpc) is 3.35. The summed E-state index contributed by atoms with van der Waals surface area (Å²) in [5.74, 6) is 0.453. The summed E-state index contributed by atoms with van der Waals surface area (Å²) in [5.41, 5.74) is 10.8. The number of anilines is 1. The number of rotatable bonds is 11. The molecule has 1 fully saturated rings. The van der Waals surface area contributed by atoms with Gasteiger partial charge in [0.15, 0.2) is 0 Å². The molecule has 3 unspecified atom stereocenters. The third-order valence-electron chi connectivity index (χ3n) is 8.11. The molecular weight excluding hydrogens is 608 g/mol. The number of hydrazine groups is 1. The van der Waals surface area contributed by atoms with Crippen LogP contribution in [0, 0.1) is 0 Å². The second-order valence-corrected chi connectivity index (χ2v) is 16.0. The van der Waals surface area contributed by atoms with Gasteiger partial charge in [0.2, 0.25) is 14.2 Å². The number of fused-ring (bicyclic) bond motifs is 3. The van der Waals surface area contributed by atoms with E-state index < -0.39 is 14.4 Å². The van der Waals surface area contributed by atoms with E-state index in [1.807, 2.05) is 61.6 Å². The smallest absolute Gasteiger partial charge is 0.251 e. The minimum atomic E-state index is -2.49. The van der Waals surface area contributed by atoms with Crippen molar-refractivity contribution in [2.24, 2.45) is 4.99 Å². The van der Waals surface area contributed by atoms with E-state index in [9.17, 15) is 14.4 Å². The molecule has 2 aliphatic rings. The normalized spacial score (nSPS) is 19.2. The van der Waals surface area contributed by atoms with E-state index in [-0.39, 0.29) is 30.6 Å². The first-order chi connectivity index (χ1) is 21.5. The Morgan fingerprint density at radius 2 is 1.76 bits per heavy atom. The fourth-order valence-corrected chi connectivity index (χ4v) is 6.81. The first-order valence-corrected chi connectivity index (χ1v) is 18.6. The summed E-state index contributed by atoms with van der Waals surface area (Å²) in [6, 6.07) is 20.3. The molecule has 3 aromatic rings. The zero-order chi connectivity index (χ0) is 32.1. The Kier molecular flexibility index (Phi) is 10.3. The molecule has 0 saturated carbocycles. The molecule has 10 nitrogen and oxygen atoms in total. The Hall–Kier alpha value is -3.74. The molecule has 2 aliphatic heterocycles. The molecule has 0 radical (unpaired) electrons. The SMILES string of the molecule is COc1ccc2c(c1)C(c1ccc(Cl)cc1)=NC(CC(=O)NCCCCNC(=O)c1cccc([Si](C)(C)O)c1)C1NNC(C)N21. The topological polar surface area (TPSA) is 127 Å². The Bertz CT molecular complexity index is 1560. The summed E-state index contributed by atoms with van der Waals surface area (Å²) >= 11 is 6.20. The lowest BCUT2D eigenvalue weighted by atomic mass is 9.99. The van der Waals surface area contributed by atoms with Crippen molar-refractivity contribution in [2.75, 3.05) is 25.1 Å². The van der Waals surface area contributed by atoms with Crippen LogP contribution in [0.3, 0.4) is 0 Å². The van der Waals surface area contributed by atoms with Gasteiger partial charge in [-0.3, -0.25) is 14.6 Å². The monoisotopic (exact) mass is 648 g/mol. The maximum Gasteiger partial charge on any atom is 0.251 e. The molecule has 3 atom stereocenters. The van der Waals surface area contributed by atoms with Gasteiger partial charge in [0.25, 0.3) is 5.91 Å². The van der Waals surface area contributed by atoms with Crippen LogP contribution < -0.4 is 36.3 Å². The number of unbranched alkanes of at least 4 members (excludes halogenated alkanes) is 1. The number of hydrogen-bond acceptors (Lipinski definition) is 8. The number of methoxy groups -OCH3 is 1. The van der Waals surface area contributed by atoms with E-state index in [1.165, 1.54) is 0 Å². The van der Waals surface area contributed by atoms with Crippen molar-refractivity contribution in [1.29, 1.82) is 0 Å². The van der Waals surface area contributed by atoms with Crippen molar-refractivity contribution in [3.63, 3.8) is 0 Å². The number of hydrogen-bond donors (Lipinski definition) is 5. The fourth-order valence-electron chi connectivity index (χ4n) is 5.67. The summed E-state index contributed by atoms with van der Waals surface area (Å²) in [5, 5.41) is 7.43. The number of nitrogens with one attached hydrogen (secondary N) is 4. The third kappa shape index (κ3) is 7.74. The number of carbonyl (C=O) groups excluding carboxylic acids is 2. The molecule has 2 heterocycles. The molecule has 1 saturated heterocycles. The number of carbonyl (C=O) groups is 2. The molecule has 0 spiro atoms. The molecular formula is C33H41ClN6O4Si. The maximum absolute atomic E-state index is 13.2. The van der Waals surface area contributed by atoms with Gasteiger partial charge in [-0.1, -0.05) is 35.9 Å². The van der Waals surface area contributed by atoms with E-state index in [2.05, 4.69) is 33.3 Å². The van der Waals surface area contributed by atoms with Crippen molar-refractivity contribution in [3.05, 3.63) is 88.4 Å². The van der Waals surface area contributed by atoms with Gasteiger partial charge in [-0.15, -0.1) is 0 Å². The van der Waals surface area contributed by atoms with Crippen LogP contribution in [0.5, 0.6) is 5.75 Å². The standard InChI is InChI=1S/C33H41ClN6O4Si/c1-21-38-39-32-28(20-30(41)35-16-5-6-17-36-33(42)23-8-7-9-26(18-23)45(3,4)43)37-31(22-10-12-24(34)13-11-22)27-19-25(44-2)14-15-29(27)40(21)32/h7-15,18-19,21,28,32,38-39,43H,5-6,16-17,20H2,1-4H3,(H,35,41)(H,36,42). The lowest BCUT2D eigenvalue weighted by Crippen LogP contribution is -2.47. The maximum atomic E-state index is 13.2. The van der Waals surface area contributed by atoms with Gasteiger partial charge in [-0.05, 0) is 80.5 Å². The van der Waals surface area contributed by atoms with Crippen molar-refractivity contribution >= 4 is 48.3 Å². The van der Waals surface area contributed by atoms with E-state index in [4.69, 9.17) is 21.3 Å². The van der Waals surface area contributed by atoms with E-state index in [1.54, 1.807) is 25.3 Å². The Morgan fingerprint density at radius 1 is 1.02 bits per heavy atom. The second kappa shape index (κ2) is 14.1. The molecule has 5 rings (SSSR count). The van der Waals surface area contributed by atoms with Gasteiger partial charge < -0.3 is 25.1 Å². The number of halogens is 1. The minimum absolute atomic E-state index is 0.0395. The van der Waals surface area contributed by atoms with E-state index in [0.717, 1.165) is 33.5 Å². The van der Waals surface area contributed by atoms with Crippen LogP contribution in [0.2, 0.25) is 18.1 Å². The Morgan fingerprint density at radius 3 is 2.47 bits per heavy atom. The molecule has 3 aromatic carbocycles. The highest BCUT2D eigenvalue weighted by Crippen LogP contribution is 2.36. The predicted molar refractivity (Wildman–Crippen MR) is 181 cm³/mol. The van der Waals surface area contributed by atoms with Gasteiger partial charge >= 0.3 is 0 Å². The van der Waals surface area contributed by atoms with Gasteiger partial charge in [0.1, 0.15) is 11.9 Å². The van der Waals surface area contributed by atoms with Gasteiger partial charge in [-0.25, -0.2) is 10.9 Å². The van der Waals surface area contributed by atoms with Crippen LogP contribution >= 0.6 is 11.6 Å². The highest BCUT2D eigenvalue weighted by molar-refractivity contribution is 6.83. The Balaban J connectivity index is 1.22. The molecule has 12 heteroatoms. The minimum Gasteiger partial charge on any atom is -0.497 e. The molecule has 45 heavy (non-hydrogen) atoms. The van der Waals surface area contributed by atoms with Crippen LogP contribution in [0.4, 0.5) is 5.69 Å². The molecule has 0 aromatic heterocycles. The lowest BCUT2D eigenvalue weighted by molar-refractivity contribution is -0.121. The summed E-state index contributed by atoms with van der Waals surface area (Å²) in [7, 11) is -0.851. The molecule has 238 valence electrons. The van der Waals surface area contributed by atoms with Gasteiger partial charge in [0.05, 0.1) is 31.4 Å². The van der Waals surface area contributed by atoms with E-state index in [0.29, 0.717) is 36.5 Å². The number of aliphatic imine (C=N–C) groups is 1. The lowest BCUT2D eigenvalue weighted by Gasteiger charge is -2.31. The highest BCUT2D eigenvalue weighted by Gasteiger charge is 2.40. The highest BCUT2D eigenvalue weighted by atomic mass is 35.5. The number of amides is 2. The fraction of sp³-hybridized carbons (Fsp3) is 0.364. The second-order valence-electron chi connectivity index (χ2n) is 11.9. The molecule has 2 amide bonds. The van der Waals surface area contributed by atoms with Crippen molar-refractivity contribution in [1.82, 2.24) is 21.5 Å². The van der Waals surface area contributed by atoms with Gasteiger partial charge in [0, 0.05) is 40.5 Å². The summed E-state index contributed by atoms with van der Waals surface area (Å²) < 4.78 is 5.56. The predicted octanol–water partition coefficient (Wildman–Crippen LogP) is 3.28. The number of ether oxygens (including phenoxy) is 1. The summed E-state index contributed by atoms with van der Waals surface area (Å²) in [6.07, 6.45) is 1.31. The van der Waals surface area contributed by atoms with Crippen molar-refractivity contribution in [3.8, 4) is 5.75 Å². The van der Waals surface area contributed by atoms with Crippen LogP contribution in [-0.2, 0) is 4.79 Å². The number of nitrogens with zero attached hydrogens (tertiary/aromatic N) is 2. The zero-order valence-corrected chi connectivity index (χ0v) is 27.8. The van der Waals surface area contributed by atoms with Crippen LogP contribution in [0.15, 0.2) is 71.7 Å². The first kappa shape index (κ1) is 32.6. The Labute approximate surface area is 270 Å². The van der Waals surface area contributed by atoms with Crippen molar-refractivity contribution in [2.45, 2.75) is 57.7 Å². The van der Waals surface area contributed by atoms with E-state index >= 15 is 0 Å². The quantitative estimate of drug-likeness (QED) is 0.160. The average molecular weight is 649 g/mol. The van der Waals surface area contributed by atoms with Crippen LogP contribution in [-0.4, -0.2) is 69.2 Å². The van der Waals surface area contributed by atoms with Crippen LogP contribution in [0.25, 0.3) is 0 Å².